The maximum Gasteiger partial charge on any atom is 0.246 e. The van der Waals surface area contributed by atoms with Gasteiger partial charge in [-0.05, 0) is 38.6 Å². The highest BCUT2D eigenvalue weighted by atomic mass is 16.5. The summed E-state index contributed by atoms with van der Waals surface area (Å²) in [5.74, 6) is 0.0142. The van der Waals surface area contributed by atoms with Crippen LogP contribution in [0, 0.1) is 0 Å². The van der Waals surface area contributed by atoms with E-state index in [9.17, 15) is 4.79 Å². The fourth-order valence-corrected chi connectivity index (χ4v) is 2.32. The number of amides is 1. The monoisotopic (exact) mass is 256 g/mol. The predicted octanol–water partition coefficient (Wildman–Crippen LogP) is 1.84. The molecule has 1 atom stereocenters. The first-order valence-corrected chi connectivity index (χ1v) is 7.36. The molecule has 1 unspecified atom stereocenters. The third-order valence-electron chi connectivity index (χ3n) is 3.61. The van der Waals surface area contributed by atoms with Crippen molar-refractivity contribution in [1.82, 2.24) is 10.6 Å². The number of piperidine rings is 1. The SMILES string of the molecule is CCC(CC)NC(=O)COCCC1CCCCN1. The molecule has 1 fully saturated rings. The lowest BCUT2D eigenvalue weighted by Crippen LogP contribution is -2.37. The Labute approximate surface area is 111 Å². The fourth-order valence-electron chi connectivity index (χ4n) is 2.32. The Bertz CT molecular complexity index is 224. The van der Waals surface area contributed by atoms with Crippen molar-refractivity contribution in [2.75, 3.05) is 19.8 Å². The maximum atomic E-state index is 11.6. The van der Waals surface area contributed by atoms with Crippen molar-refractivity contribution in [1.29, 1.82) is 0 Å². The molecule has 0 aromatic carbocycles. The molecule has 1 aliphatic rings. The molecule has 1 aliphatic heterocycles. The molecule has 0 bridgehead atoms. The van der Waals surface area contributed by atoms with Crippen molar-refractivity contribution < 1.29 is 9.53 Å². The van der Waals surface area contributed by atoms with Crippen molar-refractivity contribution in [2.45, 2.75) is 64.5 Å². The summed E-state index contributed by atoms with van der Waals surface area (Å²) >= 11 is 0. The number of carbonyl (C=O) groups is 1. The number of hydrogen-bond acceptors (Lipinski definition) is 3. The van der Waals surface area contributed by atoms with E-state index >= 15 is 0 Å². The topological polar surface area (TPSA) is 50.4 Å². The zero-order chi connectivity index (χ0) is 13.2. The van der Waals surface area contributed by atoms with E-state index in [0.717, 1.165) is 25.8 Å². The van der Waals surface area contributed by atoms with Crippen molar-refractivity contribution in [2.24, 2.45) is 0 Å². The number of ether oxygens (including phenoxy) is 1. The fraction of sp³-hybridized carbons (Fsp3) is 0.929. The lowest BCUT2D eigenvalue weighted by molar-refractivity contribution is -0.126. The molecule has 1 rings (SSSR count). The van der Waals surface area contributed by atoms with Gasteiger partial charge in [-0.1, -0.05) is 20.3 Å². The van der Waals surface area contributed by atoms with Gasteiger partial charge in [-0.2, -0.15) is 0 Å². The van der Waals surface area contributed by atoms with Gasteiger partial charge >= 0.3 is 0 Å². The van der Waals surface area contributed by atoms with Crippen LogP contribution in [0.3, 0.4) is 0 Å². The minimum atomic E-state index is 0.0142. The first-order chi connectivity index (χ1) is 8.76. The summed E-state index contributed by atoms with van der Waals surface area (Å²) in [7, 11) is 0. The van der Waals surface area contributed by atoms with E-state index in [2.05, 4.69) is 24.5 Å². The van der Waals surface area contributed by atoms with E-state index < -0.39 is 0 Å². The molecule has 2 N–H and O–H groups in total. The van der Waals surface area contributed by atoms with E-state index in [4.69, 9.17) is 4.74 Å². The van der Waals surface area contributed by atoms with E-state index in [1.807, 2.05) is 0 Å². The van der Waals surface area contributed by atoms with Gasteiger partial charge in [-0.15, -0.1) is 0 Å². The van der Waals surface area contributed by atoms with Crippen LogP contribution in [-0.4, -0.2) is 37.7 Å². The van der Waals surface area contributed by atoms with E-state index in [0.29, 0.717) is 18.7 Å². The van der Waals surface area contributed by atoms with Crippen LogP contribution in [0.5, 0.6) is 0 Å². The second-order valence-corrected chi connectivity index (χ2v) is 5.07. The summed E-state index contributed by atoms with van der Waals surface area (Å²) < 4.78 is 5.44. The van der Waals surface area contributed by atoms with Crippen molar-refractivity contribution >= 4 is 5.91 Å². The standard InChI is InChI=1S/C14H28N2O2/c1-3-12(4-2)16-14(17)11-18-10-8-13-7-5-6-9-15-13/h12-13,15H,3-11H2,1-2H3,(H,16,17). The molecule has 1 amide bonds. The van der Waals surface area contributed by atoms with Gasteiger partial charge in [0.05, 0.1) is 0 Å². The Kier molecular flexibility index (Phi) is 8.01. The smallest absolute Gasteiger partial charge is 0.246 e. The zero-order valence-corrected chi connectivity index (χ0v) is 11.8. The van der Waals surface area contributed by atoms with Crippen molar-refractivity contribution in [3.8, 4) is 0 Å². The summed E-state index contributed by atoms with van der Waals surface area (Å²) in [6.07, 6.45) is 6.81. The average Bonchev–Trinajstić information content (AvgIpc) is 2.42. The summed E-state index contributed by atoms with van der Waals surface area (Å²) in [6.45, 7) is 6.17. The molecule has 0 aromatic heterocycles. The second kappa shape index (κ2) is 9.34. The van der Waals surface area contributed by atoms with Gasteiger partial charge in [0.25, 0.3) is 0 Å². The lowest BCUT2D eigenvalue weighted by Gasteiger charge is -2.23. The van der Waals surface area contributed by atoms with Gasteiger partial charge in [-0.3, -0.25) is 4.79 Å². The third kappa shape index (κ3) is 6.36. The van der Waals surface area contributed by atoms with Gasteiger partial charge in [0.15, 0.2) is 0 Å². The largest absolute Gasteiger partial charge is 0.372 e. The summed E-state index contributed by atoms with van der Waals surface area (Å²) in [5.41, 5.74) is 0. The number of nitrogens with one attached hydrogen (secondary N) is 2. The van der Waals surface area contributed by atoms with Crippen molar-refractivity contribution in [3.05, 3.63) is 0 Å². The highest BCUT2D eigenvalue weighted by Crippen LogP contribution is 2.09. The predicted molar refractivity (Wildman–Crippen MR) is 73.6 cm³/mol. The maximum absolute atomic E-state index is 11.6. The van der Waals surface area contributed by atoms with Crippen LogP contribution >= 0.6 is 0 Å². The molecule has 0 aliphatic carbocycles. The molecule has 0 spiro atoms. The van der Waals surface area contributed by atoms with Crippen LogP contribution in [-0.2, 0) is 9.53 Å². The molecule has 106 valence electrons. The Morgan fingerprint density at radius 3 is 2.78 bits per heavy atom. The van der Waals surface area contributed by atoms with Crippen molar-refractivity contribution in [3.63, 3.8) is 0 Å². The van der Waals surface area contributed by atoms with Crippen LogP contribution in [0.25, 0.3) is 0 Å². The Morgan fingerprint density at radius 2 is 2.17 bits per heavy atom. The second-order valence-electron chi connectivity index (χ2n) is 5.07. The average molecular weight is 256 g/mol. The van der Waals surface area contributed by atoms with E-state index in [-0.39, 0.29) is 12.5 Å². The zero-order valence-electron chi connectivity index (χ0n) is 11.8. The molecule has 4 nitrogen and oxygen atoms in total. The number of hydrogen-bond donors (Lipinski definition) is 2. The molecule has 0 aromatic rings. The molecule has 0 radical (unpaired) electrons. The van der Waals surface area contributed by atoms with Gasteiger partial charge < -0.3 is 15.4 Å². The van der Waals surface area contributed by atoms with Crippen LogP contribution in [0.2, 0.25) is 0 Å². The molecular formula is C14H28N2O2. The summed E-state index contributed by atoms with van der Waals surface area (Å²) in [6, 6.07) is 0.877. The van der Waals surface area contributed by atoms with Crippen LogP contribution in [0.15, 0.2) is 0 Å². The van der Waals surface area contributed by atoms with E-state index in [1.165, 1.54) is 19.3 Å². The van der Waals surface area contributed by atoms with Gasteiger partial charge in [0.1, 0.15) is 6.61 Å². The lowest BCUT2D eigenvalue weighted by atomic mass is 10.0. The molecule has 0 saturated carbocycles. The summed E-state index contributed by atoms with van der Waals surface area (Å²) in [4.78, 5) is 11.6. The highest BCUT2D eigenvalue weighted by molar-refractivity contribution is 5.77. The summed E-state index contributed by atoms with van der Waals surface area (Å²) in [5, 5.41) is 6.45. The Hall–Kier alpha value is -0.610. The van der Waals surface area contributed by atoms with Crippen LogP contribution < -0.4 is 10.6 Å². The molecular weight excluding hydrogens is 228 g/mol. The Morgan fingerprint density at radius 1 is 1.39 bits per heavy atom. The molecule has 1 heterocycles. The number of rotatable bonds is 8. The van der Waals surface area contributed by atoms with Gasteiger partial charge in [-0.25, -0.2) is 0 Å². The van der Waals surface area contributed by atoms with Crippen LogP contribution in [0.4, 0.5) is 0 Å². The quantitative estimate of drug-likeness (QED) is 0.652. The van der Waals surface area contributed by atoms with Crippen LogP contribution in [0.1, 0.15) is 52.4 Å². The number of carbonyl (C=O) groups excluding carboxylic acids is 1. The first kappa shape index (κ1) is 15.4. The molecule has 18 heavy (non-hydrogen) atoms. The minimum Gasteiger partial charge on any atom is -0.372 e. The first-order valence-electron chi connectivity index (χ1n) is 7.36. The van der Waals surface area contributed by atoms with Gasteiger partial charge in [0, 0.05) is 18.7 Å². The minimum absolute atomic E-state index is 0.0142. The molecule has 4 heteroatoms. The molecule has 1 saturated heterocycles. The highest BCUT2D eigenvalue weighted by Gasteiger charge is 2.12. The normalized spacial score (nSPS) is 20.1. The third-order valence-corrected chi connectivity index (χ3v) is 3.61. The Balaban J connectivity index is 2.01. The van der Waals surface area contributed by atoms with Gasteiger partial charge in [0.2, 0.25) is 5.91 Å². The van der Waals surface area contributed by atoms with E-state index in [1.54, 1.807) is 0 Å².